The van der Waals surface area contributed by atoms with Crippen molar-refractivity contribution in [2.75, 3.05) is 25.4 Å². The monoisotopic (exact) mass is 233 g/mol. The fourth-order valence-electron chi connectivity index (χ4n) is 0.952. The molecule has 0 heterocycles. The average Bonchev–Trinajstić information content (AvgIpc) is 2.13. The Balaban J connectivity index is 4.53. The third kappa shape index (κ3) is 4.81. The van der Waals surface area contributed by atoms with Gasteiger partial charge in [0, 0.05) is 6.54 Å². The van der Waals surface area contributed by atoms with Gasteiger partial charge in [0.2, 0.25) is 10.0 Å². The number of nitrogens with zero attached hydrogens (tertiary/aromatic N) is 1. The lowest BCUT2D eigenvalue weighted by atomic mass is 10.6. The summed E-state index contributed by atoms with van der Waals surface area (Å²) in [5.41, 5.74) is 0. The first-order chi connectivity index (χ1) is 6.97. The Morgan fingerprint density at radius 3 is 2.47 bits per heavy atom. The Morgan fingerprint density at radius 2 is 2.07 bits per heavy atom. The Kier molecular flexibility index (Phi) is 5.97. The molecule has 6 heteroatoms. The lowest BCUT2D eigenvalue weighted by Gasteiger charge is -2.16. The van der Waals surface area contributed by atoms with Crippen LogP contribution in [-0.2, 0) is 19.6 Å². The van der Waals surface area contributed by atoms with E-state index in [1.165, 1.54) is 0 Å². The molecule has 0 aliphatic carbocycles. The van der Waals surface area contributed by atoms with Crippen LogP contribution in [0.5, 0.6) is 0 Å². The third-order valence-corrected chi connectivity index (χ3v) is 3.39. The Bertz CT molecular complexity index is 342. The van der Waals surface area contributed by atoms with Crippen LogP contribution in [0.25, 0.3) is 0 Å². The van der Waals surface area contributed by atoms with Crippen LogP contribution in [0.2, 0.25) is 0 Å². The van der Waals surface area contributed by atoms with Gasteiger partial charge in [-0.25, -0.2) is 8.42 Å². The second-order valence-electron chi connectivity index (χ2n) is 2.69. The molecule has 0 aromatic carbocycles. The minimum Gasteiger partial charge on any atom is -0.465 e. The van der Waals surface area contributed by atoms with Crippen LogP contribution >= 0.6 is 0 Å². The Morgan fingerprint density at radius 1 is 1.47 bits per heavy atom. The van der Waals surface area contributed by atoms with E-state index in [2.05, 4.69) is 10.7 Å². The van der Waals surface area contributed by atoms with E-state index in [1.807, 2.05) is 0 Å². The normalized spacial score (nSPS) is 11.1. The van der Waals surface area contributed by atoms with E-state index in [0.717, 1.165) is 4.31 Å². The van der Waals surface area contributed by atoms with Gasteiger partial charge in [-0.3, -0.25) is 4.79 Å². The molecule has 15 heavy (non-hydrogen) atoms. The quantitative estimate of drug-likeness (QED) is 0.472. The number of esters is 1. The van der Waals surface area contributed by atoms with Crippen molar-refractivity contribution in [1.82, 2.24) is 4.31 Å². The number of hydrogen-bond donors (Lipinski definition) is 0. The Hall–Kier alpha value is -1.06. The first-order valence-electron chi connectivity index (χ1n) is 4.54. The summed E-state index contributed by atoms with van der Waals surface area (Å²) in [6, 6.07) is 0. The first-order valence-corrected chi connectivity index (χ1v) is 6.15. The van der Waals surface area contributed by atoms with Crippen LogP contribution in [0.15, 0.2) is 0 Å². The van der Waals surface area contributed by atoms with Gasteiger partial charge in [0.15, 0.2) is 5.75 Å². The zero-order valence-corrected chi connectivity index (χ0v) is 9.71. The number of sulfonamides is 1. The maximum absolute atomic E-state index is 11.6. The second kappa shape index (κ2) is 6.43. The van der Waals surface area contributed by atoms with E-state index in [1.54, 1.807) is 13.8 Å². The SMILES string of the molecule is C#CCN(CC)S(=O)(=O)CC(=O)OCC. The molecule has 0 bridgehead atoms. The van der Waals surface area contributed by atoms with Gasteiger partial charge in [-0.1, -0.05) is 12.8 Å². The molecule has 0 aromatic heterocycles. The van der Waals surface area contributed by atoms with Gasteiger partial charge in [0.25, 0.3) is 0 Å². The average molecular weight is 233 g/mol. The fourth-order valence-corrected chi connectivity index (χ4v) is 2.18. The van der Waals surface area contributed by atoms with Crippen molar-refractivity contribution >= 4 is 16.0 Å². The molecular formula is C9H15NO4S. The topological polar surface area (TPSA) is 63.7 Å². The highest BCUT2D eigenvalue weighted by molar-refractivity contribution is 7.89. The van der Waals surface area contributed by atoms with Gasteiger partial charge in [-0.05, 0) is 6.92 Å². The maximum atomic E-state index is 11.6. The third-order valence-electron chi connectivity index (χ3n) is 1.62. The molecule has 0 unspecified atom stereocenters. The summed E-state index contributed by atoms with van der Waals surface area (Å²) < 4.78 is 28.7. The van der Waals surface area contributed by atoms with E-state index in [4.69, 9.17) is 6.42 Å². The zero-order valence-electron chi connectivity index (χ0n) is 8.89. The Labute approximate surface area is 90.5 Å². The first kappa shape index (κ1) is 13.9. The van der Waals surface area contributed by atoms with Gasteiger partial charge in [0.05, 0.1) is 13.2 Å². The van der Waals surface area contributed by atoms with Crippen molar-refractivity contribution in [3.8, 4) is 12.3 Å². The molecule has 0 radical (unpaired) electrons. The molecule has 0 fully saturated rings. The van der Waals surface area contributed by atoms with Crippen LogP contribution in [0.4, 0.5) is 0 Å². The number of carbonyl (C=O) groups is 1. The summed E-state index contributed by atoms with van der Waals surface area (Å²) in [5, 5.41) is 0. The smallest absolute Gasteiger partial charge is 0.322 e. The number of hydrogen-bond acceptors (Lipinski definition) is 4. The summed E-state index contributed by atoms with van der Waals surface area (Å²) in [6.07, 6.45) is 5.02. The minimum absolute atomic E-state index is 0.0295. The summed E-state index contributed by atoms with van der Waals surface area (Å²) in [6.45, 7) is 3.64. The van der Waals surface area contributed by atoms with Gasteiger partial charge in [-0.2, -0.15) is 4.31 Å². The van der Waals surface area contributed by atoms with Crippen LogP contribution < -0.4 is 0 Å². The highest BCUT2D eigenvalue weighted by Gasteiger charge is 2.23. The fraction of sp³-hybridized carbons (Fsp3) is 0.667. The van der Waals surface area contributed by atoms with Crippen molar-refractivity contribution < 1.29 is 17.9 Å². The number of ether oxygens (including phenoxy) is 1. The van der Waals surface area contributed by atoms with Crippen molar-refractivity contribution in [1.29, 1.82) is 0 Å². The molecule has 0 atom stereocenters. The van der Waals surface area contributed by atoms with Gasteiger partial charge < -0.3 is 4.74 Å². The summed E-state index contributed by atoms with van der Waals surface area (Å²) in [7, 11) is -3.64. The largest absolute Gasteiger partial charge is 0.465 e. The molecule has 0 aliphatic heterocycles. The molecule has 86 valence electrons. The molecule has 0 amide bonds. The number of terminal acetylenes is 1. The highest BCUT2D eigenvalue weighted by Crippen LogP contribution is 2.01. The van der Waals surface area contributed by atoms with E-state index in [9.17, 15) is 13.2 Å². The van der Waals surface area contributed by atoms with E-state index in [-0.39, 0.29) is 19.7 Å². The molecule has 0 N–H and O–H groups in total. The van der Waals surface area contributed by atoms with Crippen LogP contribution in [-0.4, -0.2) is 44.1 Å². The van der Waals surface area contributed by atoms with Gasteiger partial charge in [-0.15, -0.1) is 6.42 Å². The van der Waals surface area contributed by atoms with Crippen molar-refractivity contribution in [3.05, 3.63) is 0 Å². The van der Waals surface area contributed by atoms with Crippen LogP contribution in [0, 0.1) is 12.3 Å². The molecule has 0 spiro atoms. The van der Waals surface area contributed by atoms with Gasteiger partial charge in [0.1, 0.15) is 0 Å². The second-order valence-corrected chi connectivity index (χ2v) is 4.66. The van der Waals surface area contributed by atoms with E-state index >= 15 is 0 Å². The van der Waals surface area contributed by atoms with Crippen LogP contribution in [0.3, 0.4) is 0 Å². The minimum atomic E-state index is -3.64. The highest BCUT2D eigenvalue weighted by atomic mass is 32.2. The molecule has 0 aromatic rings. The predicted molar refractivity (Wildman–Crippen MR) is 56.5 cm³/mol. The number of carbonyl (C=O) groups excluding carboxylic acids is 1. The molecule has 0 saturated carbocycles. The van der Waals surface area contributed by atoms with Crippen LogP contribution in [0.1, 0.15) is 13.8 Å². The summed E-state index contributed by atoms with van der Waals surface area (Å²) in [5.74, 6) is 0.812. The van der Waals surface area contributed by atoms with Crippen molar-refractivity contribution in [2.45, 2.75) is 13.8 Å². The van der Waals surface area contributed by atoms with Crippen molar-refractivity contribution in [3.63, 3.8) is 0 Å². The van der Waals surface area contributed by atoms with Crippen molar-refractivity contribution in [2.24, 2.45) is 0 Å². The summed E-state index contributed by atoms with van der Waals surface area (Å²) >= 11 is 0. The number of rotatable bonds is 6. The van der Waals surface area contributed by atoms with E-state index < -0.39 is 21.7 Å². The summed E-state index contributed by atoms with van der Waals surface area (Å²) in [4.78, 5) is 11.0. The molecule has 5 nitrogen and oxygen atoms in total. The van der Waals surface area contributed by atoms with Gasteiger partial charge >= 0.3 is 5.97 Å². The van der Waals surface area contributed by atoms with E-state index in [0.29, 0.717) is 0 Å². The standard InChI is InChI=1S/C9H15NO4S/c1-4-7-10(5-2)15(12,13)8-9(11)14-6-3/h1H,5-8H2,2-3H3. The molecular weight excluding hydrogens is 218 g/mol. The maximum Gasteiger partial charge on any atom is 0.322 e. The molecule has 0 saturated heterocycles. The lowest BCUT2D eigenvalue weighted by Crippen LogP contribution is -2.36. The lowest BCUT2D eigenvalue weighted by molar-refractivity contribution is -0.140. The zero-order chi connectivity index (χ0) is 11.9. The predicted octanol–water partition coefficient (Wildman–Crippen LogP) is -0.166. The molecule has 0 rings (SSSR count). The molecule has 0 aliphatic rings.